The van der Waals surface area contributed by atoms with Gasteiger partial charge in [0, 0.05) is 30.7 Å². The van der Waals surface area contributed by atoms with E-state index < -0.39 is 0 Å². The van der Waals surface area contributed by atoms with Gasteiger partial charge in [0.25, 0.3) is 0 Å². The van der Waals surface area contributed by atoms with Gasteiger partial charge in [-0.05, 0) is 19.4 Å². The van der Waals surface area contributed by atoms with Crippen LogP contribution in [0, 0.1) is 0 Å². The summed E-state index contributed by atoms with van der Waals surface area (Å²) in [6.45, 7) is 3.28. The average molecular weight is 267 g/mol. The highest BCUT2D eigenvalue weighted by molar-refractivity contribution is 7.99. The van der Waals surface area contributed by atoms with E-state index in [1.807, 2.05) is 24.2 Å². The summed E-state index contributed by atoms with van der Waals surface area (Å²) < 4.78 is 2.13. The second-order valence-electron chi connectivity index (χ2n) is 5.13. The van der Waals surface area contributed by atoms with Crippen molar-refractivity contribution < 1.29 is 0 Å². The van der Waals surface area contributed by atoms with Crippen molar-refractivity contribution in [1.29, 1.82) is 0 Å². The lowest BCUT2D eigenvalue weighted by Crippen LogP contribution is -2.38. The van der Waals surface area contributed by atoms with Gasteiger partial charge in [-0.2, -0.15) is 0 Å². The summed E-state index contributed by atoms with van der Waals surface area (Å²) in [6, 6.07) is 0.650. The van der Waals surface area contributed by atoms with Crippen molar-refractivity contribution in [1.82, 2.24) is 14.9 Å². The van der Waals surface area contributed by atoms with Crippen LogP contribution in [0.1, 0.15) is 45.4 Å². The van der Waals surface area contributed by atoms with E-state index in [0.29, 0.717) is 11.3 Å². The van der Waals surface area contributed by atoms with Crippen LogP contribution >= 0.6 is 11.8 Å². The van der Waals surface area contributed by atoms with E-state index in [0.717, 1.165) is 11.7 Å². The van der Waals surface area contributed by atoms with Crippen molar-refractivity contribution >= 4 is 11.8 Å². The first-order valence-corrected chi connectivity index (χ1v) is 8.06. The Hall–Kier alpha value is -0.480. The van der Waals surface area contributed by atoms with Crippen LogP contribution in [0.3, 0.4) is 0 Å². The number of imidazole rings is 1. The molecule has 18 heavy (non-hydrogen) atoms. The first kappa shape index (κ1) is 13.9. The monoisotopic (exact) mass is 267 g/mol. The zero-order valence-electron chi connectivity index (χ0n) is 11.6. The number of aryl methyl sites for hydroxylation is 1. The molecule has 4 heteroatoms. The van der Waals surface area contributed by atoms with Crippen molar-refractivity contribution in [2.75, 3.05) is 6.54 Å². The molecule has 0 aromatic carbocycles. The number of hydrogen-bond donors (Lipinski definition) is 1. The number of nitrogens with one attached hydrogen (secondary N) is 1. The lowest BCUT2D eigenvalue weighted by Gasteiger charge is -2.29. The quantitative estimate of drug-likeness (QED) is 0.908. The van der Waals surface area contributed by atoms with Gasteiger partial charge in [-0.15, -0.1) is 0 Å². The number of hydrogen-bond acceptors (Lipinski definition) is 3. The van der Waals surface area contributed by atoms with Crippen LogP contribution in [0.4, 0.5) is 0 Å². The lowest BCUT2D eigenvalue weighted by molar-refractivity contribution is 0.405. The molecule has 0 aliphatic heterocycles. The van der Waals surface area contributed by atoms with Gasteiger partial charge < -0.3 is 9.88 Å². The first-order chi connectivity index (χ1) is 8.81. The molecule has 1 N–H and O–H groups in total. The summed E-state index contributed by atoms with van der Waals surface area (Å²) in [6.07, 6.45) is 12.1. The number of nitrogens with zero attached hydrogens (tertiary/aromatic N) is 2. The molecule has 0 radical (unpaired) electrons. The fourth-order valence-corrected chi connectivity index (χ4v) is 3.99. The average Bonchev–Trinajstić information content (AvgIpc) is 2.73. The Bertz CT molecular complexity index is 351. The fraction of sp³-hybridized carbons (Fsp3) is 0.786. The Kier molecular flexibility index (Phi) is 5.57. The minimum atomic E-state index is 0.650. The van der Waals surface area contributed by atoms with Crippen LogP contribution in [0.25, 0.3) is 0 Å². The fourth-order valence-electron chi connectivity index (χ4n) is 2.69. The normalized spacial score (nSPS) is 25.7. The van der Waals surface area contributed by atoms with Gasteiger partial charge in [-0.3, -0.25) is 0 Å². The lowest BCUT2D eigenvalue weighted by atomic mass is 9.96. The Morgan fingerprint density at radius 3 is 2.78 bits per heavy atom. The summed E-state index contributed by atoms with van der Waals surface area (Å²) in [7, 11) is 2.08. The van der Waals surface area contributed by atoms with Crippen LogP contribution < -0.4 is 5.32 Å². The van der Waals surface area contributed by atoms with Gasteiger partial charge in [0.1, 0.15) is 0 Å². The van der Waals surface area contributed by atoms with Crippen molar-refractivity contribution in [3.8, 4) is 0 Å². The van der Waals surface area contributed by atoms with Gasteiger partial charge in [0.15, 0.2) is 5.16 Å². The minimum absolute atomic E-state index is 0.650. The van der Waals surface area contributed by atoms with E-state index >= 15 is 0 Å². The SMILES string of the molecule is CCNC1CCCCCCC1Sc1nccn1C. The molecule has 1 saturated carbocycles. The van der Waals surface area contributed by atoms with Gasteiger partial charge in [-0.25, -0.2) is 4.98 Å². The zero-order valence-corrected chi connectivity index (χ0v) is 12.4. The van der Waals surface area contributed by atoms with E-state index in [2.05, 4.69) is 28.8 Å². The van der Waals surface area contributed by atoms with Crippen molar-refractivity contribution in [3.63, 3.8) is 0 Å². The highest BCUT2D eigenvalue weighted by Gasteiger charge is 2.24. The molecule has 1 aromatic rings. The molecule has 1 aromatic heterocycles. The highest BCUT2D eigenvalue weighted by Crippen LogP contribution is 2.31. The maximum Gasteiger partial charge on any atom is 0.167 e. The molecule has 0 spiro atoms. The second-order valence-corrected chi connectivity index (χ2v) is 6.34. The van der Waals surface area contributed by atoms with Gasteiger partial charge in [0.2, 0.25) is 0 Å². The maximum absolute atomic E-state index is 4.46. The van der Waals surface area contributed by atoms with Gasteiger partial charge >= 0.3 is 0 Å². The van der Waals surface area contributed by atoms with Crippen molar-refractivity contribution in [2.45, 2.75) is 61.9 Å². The molecule has 2 unspecified atom stereocenters. The van der Waals surface area contributed by atoms with Crippen LogP contribution in [0.15, 0.2) is 17.6 Å². The summed E-state index contributed by atoms with van der Waals surface area (Å²) >= 11 is 1.96. The Morgan fingerprint density at radius 1 is 1.33 bits per heavy atom. The molecule has 1 fully saturated rings. The molecule has 0 saturated heterocycles. The van der Waals surface area contributed by atoms with Crippen molar-refractivity contribution in [2.24, 2.45) is 7.05 Å². The summed E-state index contributed by atoms with van der Waals surface area (Å²) in [4.78, 5) is 4.46. The highest BCUT2D eigenvalue weighted by atomic mass is 32.2. The molecule has 102 valence electrons. The topological polar surface area (TPSA) is 29.9 Å². The van der Waals surface area contributed by atoms with E-state index in [1.165, 1.54) is 38.5 Å². The van der Waals surface area contributed by atoms with E-state index in [4.69, 9.17) is 0 Å². The number of aromatic nitrogens is 2. The van der Waals surface area contributed by atoms with Gasteiger partial charge in [0.05, 0.1) is 0 Å². The standard InChI is InChI=1S/C14H25N3S/c1-3-15-12-8-6-4-5-7-9-13(12)18-14-16-10-11-17(14)2/h10-13,15H,3-9H2,1-2H3. The number of thioether (sulfide) groups is 1. The third kappa shape index (κ3) is 3.75. The zero-order chi connectivity index (χ0) is 12.8. The first-order valence-electron chi connectivity index (χ1n) is 7.18. The Balaban J connectivity index is 2.02. The predicted octanol–water partition coefficient (Wildman–Crippen LogP) is 3.21. The summed E-state index contributed by atoms with van der Waals surface area (Å²) in [5, 5.41) is 5.50. The largest absolute Gasteiger partial charge is 0.329 e. The third-order valence-electron chi connectivity index (χ3n) is 3.70. The second kappa shape index (κ2) is 7.19. The molecule has 0 amide bonds. The minimum Gasteiger partial charge on any atom is -0.329 e. The number of rotatable bonds is 4. The molecule has 1 aliphatic rings. The van der Waals surface area contributed by atoms with Crippen LogP contribution in [-0.4, -0.2) is 27.4 Å². The molecule has 2 rings (SSSR count). The van der Waals surface area contributed by atoms with Crippen LogP contribution in [-0.2, 0) is 7.05 Å². The van der Waals surface area contributed by atoms with Crippen LogP contribution in [0.5, 0.6) is 0 Å². The molecule has 1 heterocycles. The maximum atomic E-state index is 4.46. The molecule has 1 aliphatic carbocycles. The molecule has 2 atom stereocenters. The van der Waals surface area contributed by atoms with E-state index in [1.54, 1.807) is 0 Å². The van der Waals surface area contributed by atoms with E-state index in [-0.39, 0.29) is 0 Å². The Morgan fingerprint density at radius 2 is 2.11 bits per heavy atom. The van der Waals surface area contributed by atoms with E-state index in [9.17, 15) is 0 Å². The predicted molar refractivity (Wildman–Crippen MR) is 78.0 cm³/mol. The summed E-state index contributed by atoms with van der Waals surface area (Å²) in [5.41, 5.74) is 0. The van der Waals surface area contributed by atoms with Crippen molar-refractivity contribution in [3.05, 3.63) is 12.4 Å². The molecular weight excluding hydrogens is 242 g/mol. The molecular formula is C14H25N3S. The van der Waals surface area contributed by atoms with Gasteiger partial charge in [-0.1, -0.05) is 44.4 Å². The third-order valence-corrected chi connectivity index (χ3v) is 5.17. The summed E-state index contributed by atoms with van der Waals surface area (Å²) in [5.74, 6) is 0. The molecule has 3 nitrogen and oxygen atoms in total. The van der Waals surface area contributed by atoms with Crippen LogP contribution in [0.2, 0.25) is 0 Å². The smallest absolute Gasteiger partial charge is 0.167 e. The Labute approximate surface area is 115 Å². The molecule has 0 bridgehead atoms.